The second kappa shape index (κ2) is 5.19. The van der Waals surface area contributed by atoms with Gasteiger partial charge in [-0.1, -0.05) is 13.8 Å². The van der Waals surface area contributed by atoms with Crippen LogP contribution in [0.1, 0.15) is 41.0 Å². The molecule has 0 N–H and O–H groups in total. The fourth-order valence-corrected chi connectivity index (χ4v) is 0.524. The second-order valence-corrected chi connectivity index (χ2v) is 4.32. The Balaban J connectivity index is 3.49. The van der Waals surface area contributed by atoms with E-state index in [0.29, 0.717) is 6.42 Å². The summed E-state index contributed by atoms with van der Waals surface area (Å²) >= 11 is 0. The second-order valence-electron chi connectivity index (χ2n) is 4.32. The molecule has 0 radical (unpaired) electrons. The van der Waals surface area contributed by atoms with Crippen molar-refractivity contribution in [1.82, 2.24) is 0 Å². The summed E-state index contributed by atoms with van der Waals surface area (Å²) in [5, 5.41) is 4.31. The largest absolute Gasteiger partial charge is 0.345 e. The summed E-state index contributed by atoms with van der Waals surface area (Å²) in [6.07, 6.45) is 0.327. The fourth-order valence-electron chi connectivity index (χ4n) is 0.524. The van der Waals surface area contributed by atoms with E-state index in [1.165, 1.54) is 0 Å². The SMILES string of the molecule is CC(C)CC(=O)OOOC(C)(C)C. The molecule has 4 heteroatoms. The Hall–Kier alpha value is -0.610. The molecule has 0 aliphatic carbocycles. The van der Waals surface area contributed by atoms with Crippen LogP contribution in [0.4, 0.5) is 0 Å². The first-order chi connectivity index (χ1) is 5.81. The quantitative estimate of drug-likeness (QED) is 0.503. The van der Waals surface area contributed by atoms with Crippen LogP contribution < -0.4 is 0 Å². The highest BCUT2D eigenvalue weighted by Gasteiger charge is 2.14. The Bertz CT molecular complexity index is 157. The first-order valence-electron chi connectivity index (χ1n) is 4.36. The maximum atomic E-state index is 10.9. The highest BCUT2D eigenvalue weighted by atomic mass is 17.5. The lowest BCUT2D eigenvalue weighted by molar-refractivity contribution is -0.514. The standard InChI is InChI=1S/C9H18O4/c1-7(2)6-8(10)11-13-12-9(3,4)5/h7H,6H2,1-5H3. The minimum absolute atomic E-state index is 0.255. The van der Waals surface area contributed by atoms with E-state index in [4.69, 9.17) is 4.89 Å². The van der Waals surface area contributed by atoms with E-state index >= 15 is 0 Å². The smallest absolute Gasteiger partial charge is 0.269 e. The highest BCUT2D eigenvalue weighted by Crippen LogP contribution is 2.08. The van der Waals surface area contributed by atoms with Gasteiger partial charge in [0.1, 0.15) is 0 Å². The van der Waals surface area contributed by atoms with Crippen molar-refractivity contribution in [2.24, 2.45) is 5.92 Å². The van der Waals surface area contributed by atoms with Gasteiger partial charge in [0, 0.05) is 0 Å². The van der Waals surface area contributed by atoms with E-state index < -0.39 is 11.6 Å². The molecule has 0 heterocycles. The monoisotopic (exact) mass is 190 g/mol. The van der Waals surface area contributed by atoms with E-state index in [2.05, 4.69) is 9.93 Å². The van der Waals surface area contributed by atoms with Crippen LogP contribution in [0.5, 0.6) is 0 Å². The van der Waals surface area contributed by atoms with E-state index in [0.717, 1.165) is 0 Å². The number of carbonyl (C=O) groups excluding carboxylic acids is 1. The van der Waals surface area contributed by atoms with E-state index in [1.54, 1.807) is 20.8 Å². The zero-order chi connectivity index (χ0) is 10.5. The van der Waals surface area contributed by atoms with Gasteiger partial charge in [0.2, 0.25) is 0 Å². The van der Waals surface area contributed by atoms with Crippen LogP contribution in [0.15, 0.2) is 0 Å². The summed E-state index contributed by atoms with van der Waals surface area (Å²) in [6.45, 7) is 9.23. The van der Waals surface area contributed by atoms with Gasteiger partial charge in [0.15, 0.2) is 0 Å². The molecule has 0 aromatic carbocycles. The third-order valence-electron chi connectivity index (χ3n) is 0.986. The van der Waals surface area contributed by atoms with Gasteiger partial charge in [-0.05, 0) is 31.7 Å². The van der Waals surface area contributed by atoms with E-state index in [9.17, 15) is 4.79 Å². The van der Waals surface area contributed by atoms with Crippen LogP contribution in [0.3, 0.4) is 0 Å². The van der Waals surface area contributed by atoms with Crippen molar-refractivity contribution in [3.63, 3.8) is 0 Å². The van der Waals surface area contributed by atoms with Gasteiger partial charge >= 0.3 is 5.97 Å². The molecule has 4 nitrogen and oxygen atoms in total. The average Bonchev–Trinajstić information content (AvgIpc) is 1.81. The van der Waals surface area contributed by atoms with Crippen molar-refractivity contribution >= 4 is 5.97 Å². The third kappa shape index (κ3) is 9.30. The Morgan fingerprint density at radius 3 is 2.23 bits per heavy atom. The van der Waals surface area contributed by atoms with Gasteiger partial charge in [0.05, 0.1) is 12.0 Å². The minimum Gasteiger partial charge on any atom is -0.269 e. The molecular weight excluding hydrogens is 172 g/mol. The molecule has 0 amide bonds. The molecule has 0 bridgehead atoms. The van der Waals surface area contributed by atoms with Crippen LogP contribution in [0.25, 0.3) is 0 Å². The lowest BCUT2D eigenvalue weighted by Gasteiger charge is -2.15. The molecule has 0 atom stereocenters. The zero-order valence-electron chi connectivity index (χ0n) is 8.92. The predicted octanol–water partition coefficient (Wildman–Crippen LogP) is 2.24. The summed E-state index contributed by atoms with van der Waals surface area (Å²) in [4.78, 5) is 20.0. The molecule has 0 unspecified atom stereocenters. The number of hydrogen-bond acceptors (Lipinski definition) is 4. The molecule has 0 rings (SSSR count). The Labute approximate surface area is 79.0 Å². The van der Waals surface area contributed by atoms with Crippen molar-refractivity contribution in [1.29, 1.82) is 0 Å². The lowest BCUT2D eigenvalue weighted by Crippen LogP contribution is -2.21. The summed E-state index contributed by atoms with van der Waals surface area (Å²) < 4.78 is 0. The molecule has 0 fully saturated rings. The minimum atomic E-state index is -0.474. The zero-order valence-corrected chi connectivity index (χ0v) is 8.92. The summed E-state index contributed by atoms with van der Waals surface area (Å²) in [5.74, 6) is -0.162. The summed E-state index contributed by atoms with van der Waals surface area (Å²) in [7, 11) is 0. The fraction of sp³-hybridized carbons (Fsp3) is 0.889. The lowest BCUT2D eigenvalue weighted by atomic mass is 10.1. The van der Waals surface area contributed by atoms with Crippen molar-refractivity contribution in [3.05, 3.63) is 0 Å². The average molecular weight is 190 g/mol. The van der Waals surface area contributed by atoms with Crippen LogP contribution in [-0.2, 0) is 19.6 Å². The molecule has 0 aliphatic rings. The Morgan fingerprint density at radius 1 is 1.31 bits per heavy atom. The van der Waals surface area contributed by atoms with Crippen molar-refractivity contribution in [3.8, 4) is 0 Å². The predicted molar refractivity (Wildman–Crippen MR) is 47.5 cm³/mol. The van der Waals surface area contributed by atoms with Gasteiger partial charge < -0.3 is 0 Å². The van der Waals surface area contributed by atoms with Crippen LogP contribution >= 0.6 is 0 Å². The van der Waals surface area contributed by atoms with Gasteiger partial charge in [0.25, 0.3) is 0 Å². The van der Waals surface area contributed by atoms with Crippen molar-refractivity contribution in [2.45, 2.75) is 46.6 Å². The van der Waals surface area contributed by atoms with Crippen molar-refractivity contribution < 1.29 is 19.6 Å². The first kappa shape index (κ1) is 12.4. The molecule has 78 valence electrons. The van der Waals surface area contributed by atoms with Crippen LogP contribution in [0.2, 0.25) is 0 Å². The molecule has 0 aliphatic heterocycles. The highest BCUT2D eigenvalue weighted by molar-refractivity contribution is 5.68. The molecule has 0 aromatic rings. The van der Waals surface area contributed by atoms with E-state index in [1.807, 2.05) is 13.8 Å². The van der Waals surface area contributed by atoms with Crippen molar-refractivity contribution in [2.75, 3.05) is 0 Å². The first-order valence-corrected chi connectivity index (χ1v) is 4.36. The number of hydrogen-bond donors (Lipinski definition) is 0. The van der Waals surface area contributed by atoms with Gasteiger partial charge in [-0.15, -0.1) is 0 Å². The van der Waals surface area contributed by atoms with E-state index in [-0.39, 0.29) is 5.92 Å². The maximum Gasteiger partial charge on any atom is 0.345 e. The third-order valence-corrected chi connectivity index (χ3v) is 0.986. The molecule has 0 saturated heterocycles. The summed E-state index contributed by atoms with van der Waals surface area (Å²) in [5.41, 5.74) is -0.474. The maximum absolute atomic E-state index is 10.9. The topological polar surface area (TPSA) is 44.8 Å². The normalized spacial score (nSPS) is 11.8. The number of rotatable bonds is 4. The van der Waals surface area contributed by atoms with Gasteiger partial charge in [-0.2, -0.15) is 4.89 Å². The Kier molecular flexibility index (Phi) is 4.95. The molecule has 0 saturated carbocycles. The Morgan fingerprint density at radius 2 is 1.85 bits per heavy atom. The molecule has 0 aromatic heterocycles. The van der Waals surface area contributed by atoms with Gasteiger partial charge in [-0.25, -0.2) is 4.79 Å². The molecular formula is C9H18O4. The van der Waals surface area contributed by atoms with Crippen LogP contribution in [-0.4, -0.2) is 11.6 Å². The molecule has 13 heavy (non-hydrogen) atoms. The molecule has 0 spiro atoms. The van der Waals surface area contributed by atoms with Gasteiger partial charge in [-0.3, -0.25) is 4.89 Å². The number of carbonyl (C=O) groups is 1. The summed E-state index contributed by atoms with van der Waals surface area (Å²) in [6, 6.07) is 0. The van der Waals surface area contributed by atoms with Crippen LogP contribution in [0, 0.1) is 5.92 Å².